The van der Waals surface area contributed by atoms with E-state index < -0.39 is 6.04 Å². The summed E-state index contributed by atoms with van der Waals surface area (Å²) in [6, 6.07) is 13.9. The summed E-state index contributed by atoms with van der Waals surface area (Å²) in [4.78, 5) is 41.9. The lowest BCUT2D eigenvalue weighted by atomic mass is 10.0. The van der Waals surface area contributed by atoms with Crippen molar-refractivity contribution >= 4 is 35.0 Å². The van der Waals surface area contributed by atoms with Crippen molar-refractivity contribution < 1.29 is 14.4 Å². The standard InChI is InChI=1S/C24H25ClN2O3/c1-15(2)17-5-9-20(10-6-17)27-23(29)14-21(24(27)30)26(19-11-12-19)22(28)13-16-3-7-18(25)8-4-16/h3-10,15,19,21H,11-14H2,1-2H3. The molecule has 1 aliphatic carbocycles. The Morgan fingerprint density at radius 2 is 1.70 bits per heavy atom. The molecule has 4 rings (SSSR count). The Morgan fingerprint density at radius 1 is 1.07 bits per heavy atom. The summed E-state index contributed by atoms with van der Waals surface area (Å²) < 4.78 is 0. The summed E-state index contributed by atoms with van der Waals surface area (Å²) in [5.74, 6) is -0.323. The molecular formula is C24H25ClN2O3. The highest BCUT2D eigenvalue weighted by molar-refractivity contribution is 6.30. The molecular weight excluding hydrogens is 400 g/mol. The Labute approximate surface area is 181 Å². The topological polar surface area (TPSA) is 57.7 Å². The third-order valence-corrected chi connectivity index (χ3v) is 6.03. The van der Waals surface area contributed by atoms with Crippen molar-refractivity contribution in [3.05, 3.63) is 64.7 Å². The molecule has 6 heteroatoms. The number of nitrogens with zero attached hydrogens (tertiary/aromatic N) is 2. The normalized spacial score (nSPS) is 18.9. The van der Waals surface area contributed by atoms with Crippen molar-refractivity contribution in [1.82, 2.24) is 4.90 Å². The Balaban J connectivity index is 1.54. The molecule has 1 atom stereocenters. The van der Waals surface area contributed by atoms with E-state index in [1.807, 2.05) is 36.4 Å². The fraction of sp³-hybridized carbons (Fsp3) is 0.375. The predicted octanol–water partition coefficient (Wildman–Crippen LogP) is 4.33. The number of imide groups is 1. The van der Waals surface area contributed by atoms with Gasteiger partial charge < -0.3 is 4.90 Å². The SMILES string of the molecule is CC(C)c1ccc(N2C(=O)CC(N(C(=O)Cc3ccc(Cl)cc3)C3CC3)C2=O)cc1. The highest BCUT2D eigenvalue weighted by atomic mass is 35.5. The number of carbonyl (C=O) groups is 3. The Bertz CT molecular complexity index is 965. The van der Waals surface area contributed by atoms with Gasteiger partial charge in [0.1, 0.15) is 6.04 Å². The Morgan fingerprint density at radius 3 is 2.27 bits per heavy atom. The third kappa shape index (κ3) is 4.12. The first-order valence-electron chi connectivity index (χ1n) is 10.4. The lowest BCUT2D eigenvalue weighted by Crippen LogP contribution is -2.47. The minimum Gasteiger partial charge on any atom is -0.327 e. The number of carbonyl (C=O) groups excluding carboxylic acids is 3. The maximum absolute atomic E-state index is 13.2. The van der Waals surface area contributed by atoms with Crippen molar-refractivity contribution in [2.45, 2.75) is 57.5 Å². The zero-order valence-electron chi connectivity index (χ0n) is 17.2. The van der Waals surface area contributed by atoms with E-state index in [1.54, 1.807) is 17.0 Å². The van der Waals surface area contributed by atoms with Gasteiger partial charge >= 0.3 is 0 Å². The fourth-order valence-electron chi connectivity index (χ4n) is 3.97. The van der Waals surface area contributed by atoms with Gasteiger partial charge in [-0.15, -0.1) is 0 Å². The molecule has 1 saturated carbocycles. The lowest BCUT2D eigenvalue weighted by molar-refractivity contribution is -0.138. The van der Waals surface area contributed by atoms with Crippen LogP contribution in [0, 0.1) is 0 Å². The molecule has 0 N–H and O–H groups in total. The molecule has 2 aromatic rings. The van der Waals surface area contributed by atoms with Crippen molar-refractivity contribution in [2.75, 3.05) is 4.90 Å². The van der Waals surface area contributed by atoms with Gasteiger partial charge in [-0.1, -0.05) is 49.7 Å². The molecule has 156 valence electrons. The molecule has 2 aromatic carbocycles. The molecule has 30 heavy (non-hydrogen) atoms. The minimum absolute atomic E-state index is 0.0353. The van der Waals surface area contributed by atoms with Crippen LogP contribution in [0.15, 0.2) is 48.5 Å². The second kappa shape index (κ2) is 8.23. The highest BCUT2D eigenvalue weighted by Crippen LogP contribution is 2.35. The van der Waals surface area contributed by atoms with E-state index in [0.29, 0.717) is 16.6 Å². The molecule has 1 saturated heterocycles. The molecule has 3 amide bonds. The number of hydrogen-bond acceptors (Lipinski definition) is 3. The average Bonchev–Trinajstić information content (AvgIpc) is 3.50. The monoisotopic (exact) mass is 424 g/mol. The third-order valence-electron chi connectivity index (χ3n) is 5.77. The summed E-state index contributed by atoms with van der Waals surface area (Å²) in [7, 11) is 0. The van der Waals surface area contributed by atoms with Gasteiger partial charge in [0.15, 0.2) is 0 Å². The molecule has 0 spiro atoms. The zero-order chi connectivity index (χ0) is 21.4. The van der Waals surface area contributed by atoms with Crippen LogP contribution in [0.3, 0.4) is 0 Å². The molecule has 1 heterocycles. The molecule has 0 aromatic heterocycles. The predicted molar refractivity (Wildman–Crippen MR) is 116 cm³/mol. The number of hydrogen-bond donors (Lipinski definition) is 0. The van der Waals surface area contributed by atoms with Gasteiger partial charge in [0.2, 0.25) is 11.8 Å². The van der Waals surface area contributed by atoms with E-state index in [0.717, 1.165) is 24.0 Å². The van der Waals surface area contributed by atoms with Crippen molar-refractivity contribution in [3.63, 3.8) is 0 Å². The molecule has 1 unspecified atom stereocenters. The maximum atomic E-state index is 13.2. The van der Waals surface area contributed by atoms with E-state index >= 15 is 0 Å². The number of benzene rings is 2. The van der Waals surface area contributed by atoms with E-state index in [4.69, 9.17) is 11.6 Å². The molecule has 1 aliphatic heterocycles. The van der Waals surface area contributed by atoms with Crippen LogP contribution in [0.25, 0.3) is 0 Å². The maximum Gasteiger partial charge on any atom is 0.257 e. The van der Waals surface area contributed by atoms with Gasteiger partial charge in [-0.25, -0.2) is 4.90 Å². The van der Waals surface area contributed by atoms with Crippen LogP contribution >= 0.6 is 11.6 Å². The van der Waals surface area contributed by atoms with E-state index in [-0.39, 0.29) is 36.6 Å². The first kappa shape index (κ1) is 20.6. The van der Waals surface area contributed by atoms with Crippen LogP contribution in [0.4, 0.5) is 5.69 Å². The van der Waals surface area contributed by atoms with Crippen molar-refractivity contribution in [2.24, 2.45) is 0 Å². The van der Waals surface area contributed by atoms with Crippen LogP contribution in [-0.4, -0.2) is 34.7 Å². The molecule has 2 aliphatic rings. The van der Waals surface area contributed by atoms with Gasteiger partial charge in [-0.05, 0) is 54.2 Å². The lowest BCUT2D eigenvalue weighted by Gasteiger charge is -2.28. The van der Waals surface area contributed by atoms with Gasteiger partial charge in [-0.3, -0.25) is 14.4 Å². The van der Waals surface area contributed by atoms with Crippen LogP contribution in [-0.2, 0) is 20.8 Å². The number of anilines is 1. The molecule has 5 nitrogen and oxygen atoms in total. The summed E-state index contributed by atoms with van der Waals surface area (Å²) in [6.07, 6.45) is 1.96. The van der Waals surface area contributed by atoms with Gasteiger partial charge in [-0.2, -0.15) is 0 Å². The van der Waals surface area contributed by atoms with E-state index in [1.165, 1.54) is 4.90 Å². The van der Waals surface area contributed by atoms with Crippen LogP contribution in [0.2, 0.25) is 5.02 Å². The van der Waals surface area contributed by atoms with Crippen LogP contribution < -0.4 is 4.90 Å². The first-order valence-corrected chi connectivity index (χ1v) is 10.8. The number of amides is 3. The summed E-state index contributed by atoms with van der Waals surface area (Å²) >= 11 is 5.93. The largest absolute Gasteiger partial charge is 0.327 e. The van der Waals surface area contributed by atoms with Gasteiger partial charge in [0, 0.05) is 11.1 Å². The summed E-state index contributed by atoms with van der Waals surface area (Å²) in [6.45, 7) is 4.19. The Hall–Kier alpha value is -2.66. The summed E-state index contributed by atoms with van der Waals surface area (Å²) in [5, 5.41) is 0.612. The van der Waals surface area contributed by atoms with Crippen molar-refractivity contribution in [3.8, 4) is 0 Å². The zero-order valence-corrected chi connectivity index (χ0v) is 17.9. The fourth-order valence-corrected chi connectivity index (χ4v) is 4.09. The quantitative estimate of drug-likeness (QED) is 0.648. The second-order valence-corrected chi connectivity index (χ2v) is 8.81. The Kier molecular flexibility index (Phi) is 5.65. The average molecular weight is 425 g/mol. The highest BCUT2D eigenvalue weighted by Gasteiger charge is 2.48. The van der Waals surface area contributed by atoms with Gasteiger partial charge in [0.05, 0.1) is 18.5 Å². The van der Waals surface area contributed by atoms with Crippen LogP contribution in [0.5, 0.6) is 0 Å². The summed E-state index contributed by atoms with van der Waals surface area (Å²) in [5.41, 5.74) is 2.55. The van der Waals surface area contributed by atoms with E-state index in [9.17, 15) is 14.4 Å². The number of rotatable bonds is 6. The first-order chi connectivity index (χ1) is 14.3. The van der Waals surface area contributed by atoms with Crippen molar-refractivity contribution in [1.29, 1.82) is 0 Å². The second-order valence-electron chi connectivity index (χ2n) is 8.37. The molecule has 0 bridgehead atoms. The number of halogens is 1. The van der Waals surface area contributed by atoms with E-state index in [2.05, 4.69) is 13.8 Å². The minimum atomic E-state index is -0.727. The van der Waals surface area contributed by atoms with Gasteiger partial charge in [0.25, 0.3) is 5.91 Å². The smallest absolute Gasteiger partial charge is 0.257 e. The molecule has 0 radical (unpaired) electrons. The van der Waals surface area contributed by atoms with Crippen LogP contribution in [0.1, 0.15) is 50.2 Å². The molecule has 2 fully saturated rings.